The molecule has 0 amide bonds. The third-order valence-electron chi connectivity index (χ3n) is 0.115. The molecule has 0 radical (unpaired) electrons. The van der Waals surface area contributed by atoms with Crippen LogP contribution in [0.4, 0.5) is 0 Å². The van der Waals surface area contributed by atoms with Crippen LogP contribution >= 0.6 is 0 Å². The van der Waals surface area contributed by atoms with Crippen LogP contribution in [0.1, 0.15) is 0 Å². The molecule has 6 nitrogen and oxygen atoms in total. The Morgan fingerprint density at radius 2 is 2.00 bits per heavy atom. The van der Waals surface area contributed by atoms with Crippen LogP contribution in [0.15, 0.2) is 0 Å². The van der Waals surface area contributed by atoms with Crippen molar-refractivity contribution in [3.8, 4) is 0 Å². The second kappa shape index (κ2) is 5.54. The molecule has 0 aliphatic rings. The number of hydrogen-bond acceptors (Lipinski definition) is 4. The molecule has 0 unspecified atom stereocenters. The molecule has 0 spiro atoms. The van der Waals surface area contributed by atoms with Crippen molar-refractivity contribution in [2.45, 2.75) is 0 Å². The van der Waals surface area contributed by atoms with Gasteiger partial charge in [-0.3, -0.25) is 0 Å². The minimum atomic E-state index is -2.69. The average molecular weight is 154 g/mol. The van der Waals surface area contributed by atoms with Gasteiger partial charge in [-0.15, -0.1) is 0 Å². The Morgan fingerprint density at radius 3 is 2.00 bits per heavy atom. The van der Waals surface area contributed by atoms with Gasteiger partial charge in [0.05, 0.1) is 0 Å². The molecule has 0 aromatic carbocycles. The molecular formula is H2ClNNaO5+. The number of halogens is 1. The van der Waals surface area contributed by atoms with Gasteiger partial charge in [-0.25, -0.2) is 0 Å². The fourth-order valence-corrected chi connectivity index (χ4v) is 0.145. The van der Waals surface area contributed by atoms with E-state index in [0.717, 1.165) is 0 Å². The standard InChI is InChI=1S/ClHNO5.Na.H/c3-1(4)7-2(5)6;;/h(H,5,6);;/q+1;;. The van der Waals surface area contributed by atoms with E-state index in [1.807, 2.05) is 0 Å². The summed E-state index contributed by atoms with van der Waals surface area (Å²) < 4.78 is 21.3. The molecule has 0 rings (SSSR count). The third kappa shape index (κ3) is 9.65. The molecule has 0 atom stereocenters. The first kappa shape index (κ1) is 11.2. The van der Waals surface area contributed by atoms with E-state index < -0.39 is 15.9 Å². The van der Waals surface area contributed by atoms with Crippen LogP contribution < -0.4 is 9.32 Å². The van der Waals surface area contributed by atoms with Crippen LogP contribution in [-0.4, -0.2) is 39.9 Å². The molecule has 0 heterocycles. The molecular weight excluding hydrogens is 152 g/mol. The van der Waals surface area contributed by atoms with Gasteiger partial charge >= 0.3 is 45.4 Å². The zero-order valence-corrected chi connectivity index (χ0v) is 3.66. The Kier molecular flexibility index (Phi) is 7.79. The summed E-state index contributed by atoms with van der Waals surface area (Å²) in [6.45, 7) is 0. The van der Waals surface area contributed by atoms with Crippen molar-refractivity contribution in [3.05, 3.63) is 4.91 Å². The maximum absolute atomic E-state index is 9.15. The van der Waals surface area contributed by atoms with E-state index >= 15 is 0 Å². The second-order valence-electron chi connectivity index (χ2n) is 0.496. The molecule has 0 aromatic rings. The van der Waals surface area contributed by atoms with E-state index in [9.17, 15) is 0 Å². The SMILES string of the molecule is O=[N+](O)O[Cl+2]([O-])[O-].[NaH]. The van der Waals surface area contributed by atoms with Crippen molar-refractivity contribution in [2.24, 2.45) is 0 Å². The van der Waals surface area contributed by atoms with E-state index in [1.165, 1.54) is 0 Å². The van der Waals surface area contributed by atoms with Gasteiger partial charge < -0.3 is 9.32 Å². The van der Waals surface area contributed by atoms with E-state index in [2.05, 4.69) is 4.39 Å². The van der Waals surface area contributed by atoms with Crippen LogP contribution in [0.25, 0.3) is 0 Å². The van der Waals surface area contributed by atoms with Gasteiger partial charge in [-0.1, -0.05) is 0 Å². The molecule has 0 fully saturated rings. The molecule has 0 saturated carbocycles. The van der Waals surface area contributed by atoms with Crippen LogP contribution in [0, 0.1) is 15.7 Å². The van der Waals surface area contributed by atoms with Crippen molar-refractivity contribution >= 4 is 29.6 Å². The van der Waals surface area contributed by atoms with E-state index in [1.54, 1.807) is 0 Å². The summed E-state index contributed by atoms with van der Waals surface area (Å²) in [5.74, 6) is 0. The molecule has 0 bridgehead atoms. The third-order valence-corrected chi connectivity index (χ3v) is 0.346. The molecule has 0 aliphatic heterocycles. The van der Waals surface area contributed by atoms with E-state index in [-0.39, 0.29) is 29.6 Å². The van der Waals surface area contributed by atoms with Gasteiger partial charge in [-0.05, 0) is 0 Å². The van der Waals surface area contributed by atoms with Crippen molar-refractivity contribution in [2.75, 3.05) is 0 Å². The fourth-order valence-electron chi connectivity index (χ4n) is 0.0482. The first-order chi connectivity index (χ1) is 3.13. The van der Waals surface area contributed by atoms with Crippen molar-refractivity contribution in [1.29, 1.82) is 0 Å². The molecule has 0 aromatic heterocycles. The summed E-state index contributed by atoms with van der Waals surface area (Å²) in [6, 6.07) is 0. The van der Waals surface area contributed by atoms with Gasteiger partial charge in [0.2, 0.25) is 4.39 Å². The summed E-state index contributed by atoms with van der Waals surface area (Å²) >= 11 is 0. The Morgan fingerprint density at radius 1 is 1.62 bits per heavy atom. The van der Waals surface area contributed by atoms with Gasteiger partial charge in [-0.2, -0.15) is 5.21 Å². The zero-order chi connectivity index (χ0) is 5.86. The summed E-state index contributed by atoms with van der Waals surface area (Å²) in [5.41, 5.74) is 0. The topological polar surface area (TPSA) is 95.7 Å². The number of hydrogen-bond donors (Lipinski definition) is 1. The van der Waals surface area contributed by atoms with Crippen LogP contribution in [-0.2, 0) is 4.39 Å². The Labute approximate surface area is 69.2 Å². The Balaban J connectivity index is 0. The van der Waals surface area contributed by atoms with Gasteiger partial charge in [0.25, 0.3) is 0 Å². The summed E-state index contributed by atoms with van der Waals surface area (Å²) in [6.07, 6.45) is 0. The zero-order valence-electron chi connectivity index (χ0n) is 2.91. The average Bonchev–Trinajstić information content (AvgIpc) is 1.27. The molecule has 0 aliphatic carbocycles. The fraction of sp³-hybridized carbons (Fsp3) is 0. The maximum atomic E-state index is 9.15. The van der Waals surface area contributed by atoms with Crippen molar-refractivity contribution in [1.82, 2.24) is 0 Å². The molecule has 8 heteroatoms. The Hall–Kier alpha value is 0.410. The molecule has 1 N–H and O–H groups in total. The predicted molar refractivity (Wildman–Crippen MR) is 13.6 cm³/mol. The predicted octanol–water partition coefficient (Wildman–Crippen LogP) is -3.48. The molecule has 44 valence electrons. The first-order valence-corrected chi connectivity index (χ1v) is 1.95. The quantitative estimate of drug-likeness (QED) is 0.329. The van der Waals surface area contributed by atoms with E-state index in [0.29, 0.717) is 0 Å². The summed E-state index contributed by atoms with van der Waals surface area (Å²) in [4.78, 5) is 9.10. The molecule has 0 saturated heterocycles. The number of rotatable bonds is 2. The summed E-state index contributed by atoms with van der Waals surface area (Å²) in [5, 5.41) is 6.20. The van der Waals surface area contributed by atoms with Crippen LogP contribution in [0.2, 0.25) is 0 Å². The minimum absolute atomic E-state index is 0. The van der Waals surface area contributed by atoms with Crippen molar-refractivity contribution in [3.63, 3.8) is 0 Å². The van der Waals surface area contributed by atoms with Gasteiger partial charge in [0, 0.05) is 0 Å². The molecule has 8 heavy (non-hydrogen) atoms. The second-order valence-corrected chi connectivity index (χ2v) is 1.01. The normalized spacial score (nSPS) is 7.88. The number of nitrogens with zero attached hydrogens (tertiary/aromatic N) is 1. The first-order valence-electron chi connectivity index (χ1n) is 1.03. The summed E-state index contributed by atoms with van der Waals surface area (Å²) in [7, 11) is -2.69. The monoisotopic (exact) mass is 154 g/mol. The van der Waals surface area contributed by atoms with Crippen LogP contribution in [0.3, 0.4) is 0 Å². The van der Waals surface area contributed by atoms with E-state index in [4.69, 9.17) is 19.4 Å². The Bertz CT molecular complexity index is 72.8. The van der Waals surface area contributed by atoms with Gasteiger partial charge in [0.15, 0.2) is 0 Å². The van der Waals surface area contributed by atoms with Crippen molar-refractivity contribution < 1.29 is 34.8 Å². The van der Waals surface area contributed by atoms with Crippen LogP contribution in [0.5, 0.6) is 0 Å². The van der Waals surface area contributed by atoms with Gasteiger partial charge in [0.1, 0.15) is 4.91 Å².